The smallest absolute Gasteiger partial charge is 0.123 e. The van der Waals surface area contributed by atoms with E-state index in [1.807, 2.05) is 25.4 Å². The van der Waals surface area contributed by atoms with Crippen molar-refractivity contribution in [2.45, 2.75) is 25.4 Å². The van der Waals surface area contributed by atoms with Gasteiger partial charge in [0.1, 0.15) is 5.82 Å². The van der Waals surface area contributed by atoms with Crippen LogP contribution in [0.2, 0.25) is 0 Å². The number of aromatic nitrogens is 2. The van der Waals surface area contributed by atoms with Crippen LogP contribution in [-0.4, -0.2) is 15.8 Å². The number of nitrogens with zero attached hydrogens (tertiary/aromatic N) is 2. The Kier molecular flexibility index (Phi) is 2.88. The lowest BCUT2D eigenvalue weighted by Crippen LogP contribution is -2.16. The van der Waals surface area contributed by atoms with E-state index in [1.54, 1.807) is 10.7 Å². The number of rotatable bonds is 4. The minimum absolute atomic E-state index is 0.217. The van der Waals surface area contributed by atoms with Crippen molar-refractivity contribution in [3.8, 4) is 11.3 Å². The lowest BCUT2D eigenvalue weighted by atomic mass is 10.0. The molecule has 2 aromatic rings. The van der Waals surface area contributed by atoms with Crippen molar-refractivity contribution in [2.24, 2.45) is 7.05 Å². The first kappa shape index (κ1) is 11.4. The van der Waals surface area contributed by atoms with Gasteiger partial charge in [0.05, 0.1) is 5.69 Å². The summed E-state index contributed by atoms with van der Waals surface area (Å²) in [5.74, 6) is -0.217. The molecule has 1 aromatic carbocycles. The quantitative estimate of drug-likeness (QED) is 0.896. The summed E-state index contributed by atoms with van der Waals surface area (Å²) in [7, 11) is 1.87. The maximum absolute atomic E-state index is 13.4. The normalized spacial score (nSPS) is 15.0. The molecule has 4 heteroatoms. The molecule has 0 atom stereocenters. The number of aryl methyl sites for hydroxylation is 1. The van der Waals surface area contributed by atoms with E-state index < -0.39 is 0 Å². The maximum Gasteiger partial charge on any atom is 0.123 e. The average Bonchev–Trinajstić information content (AvgIpc) is 3.09. The van der Waals surface area contributed by atoms with Gasteiger partial charge in [0.15, 0.2) is 0 Å². The van der Waals surface area contributed by atoms with Crippen LogP contribution in [0.1, 0.15) is 18.4 Å². The van der Waals surface area contributed by atoms with Crippen molar-refractivity contribution in [2.75, 3.05) is 0 Å². The summed E-state index contributed by atoms with van der Waals surface area (Å²) in [6.07, 6.45) is 4.37. The third-order valence-electron chi connectivity index (χ3n) is 3.22. The maximum atomic E-state index is 13.4. The summed E-state index contributed by atoms with van der Waals surface area (Å²) in [5, 5.41) is 7.80. The first-order chi connectivity index (χ1) is 8.72. The molecular formula is C14H16FN3. The Morgan fingerprint density at radius 3 is 2.89 bits per heavy atom. The van der Waals surface area contributed by atoms with Gasteiger partial charge in [-0.1, -0.05) is 6.07 Å². The largest absolute Gasteiger partial charge is 0.310 e. The van der Waals surface area contributed by atoms with Gasteiger partial charge in [-0.2, -0.15) is 5.10 Å². The third-order valence-corrected chi connectivity index (χ3v) is 3.22. The molecule has 0 bridgehead atoms. The molecule has 3 rings (SSSR count). The highest BCUT2D eigenvalue weighted by atomic mass is 19.1. The highest BCUT2D eigenvalue weighted by Crippen LogP contribution is 2.25. The molecule has 1 saturated carbocycles. The van der Waals surface area contributed by atoms with E-state index in [-0.39, 0.29) is 5.82 Å². The van der Waals surface area contributed by atoms with Crippen LogP contribution in [0, 0.1) is 5.82 Å². The highest BCUT2D eigenvalue weighted by Gasteiger charge is 2.20. The van der Waals surface area contributed by atoms with Crippen LogP contribution < -0.4 is 5.32 Å². The predicted octanol–water partition coefficient (Wildman–Crippen LogP) is 2.48. The second kappa shape index (κ2) is 4.53. The highest BCUT2D eigenvalue weighted by molar-refractivity contribution is 5.63. The van der Waals surface area contributed by atoms with E-state index >= 15 is 0 Å². The van der Waals surface area contributed by atoms with Gasteiger partial charge in [-0.15, -0.1) is 0 Å². The molecule has 18 heavy (non-hydrogen) atoms. The molecule has 3 nitrogen and oxygen atoms in total. The number of halogens is 1. The molecule has 94 valence electrons. The van der Waals surface area contributed by atoms with Crippen LogP contribution in [0.15, 0.2) is 30.5 Å². The standard InChI is InChI=1S/C14H16FN3/c1-18-7-6-14(17-18)13-8-11(15)3-2-10(13)9-16-12-4-5-12/h2-3,6-8,12,16H,4-5,9H2,1H3. The van der Waals surface area contributed by atoms with Gasteiger partial charge in [-0.3, -0.25) is 4.68 Å². The van der Waals surface area contributed by atoms with E-state index in [0.29, 0.717) is 6.04 Å². The van der Waals surface area contributed by atoms with Crippen molar-refractivity contribution in [3.63, 3.8) is 0 Å². The fourth-order valence-corrected chi connectivity index (χ4v) is 2.04. The first-order valence-electron chi connectivity index (χ1n) is 6.24. The fraction of sp³-hybridized carbons (Fsp3) is 0.357. The number of benzene rings is 1. The number of hydrogen-bond donors (Lipinski definition) is 1. The molecule has 0 aliphatic heterocycles. The lowest BCUT2D eigenvalue weighted by Gasteiger charge is -2.08. The predicted molar refractivity (Wildman–Crippen MR) is 68.5 cm³/mol. The van der Waals surface area contributed by atoms with Gasteiger partial charge >= 0.3 is 0 Å². The van der Waals surface area contributed by atoms with E-state index in [2.05, 4.69) is 10.4 Å². The van der Waals surface area contributed by atoms with Gasteiger partial charge < -0.3 is 5.32 Å². The molecular weight excluding hydrogens is 229 g/mol. The van der Waals surface area contributed by atoms with Crippen molar-refractivity contribution in [3.05, 3.63) is 41.8 Å². The molecule has 0 radical (unpaired) electrons. The first-order valence-corrected chi connectivity index (χ1v) is 6.24. The monoisotopic (exact) mass is 245 g/mol. The Balaban J connectivity index is 1.91. The van der Waals surface area contributed by atoms with E-state index in [9.17, 15) is 4.39 Å². The molecule has 1 aromatic heterocycles. The van der Waals surface area contributed by atoms with Crippen LogP contribution in [0.3, 0.4) is 0 Å². The summed E-state index contributed by atoms with van der Waals surface area (Å²) >= 11 is 0. The third kappa shape index (κ3) is 2.43. The zero-order valence-electron chi connectivity index (χ0n) is 10.4. The second-order valence-electron chi connectivity index (χ2n) is 4.83. The summed E-state index contributed by atoms with van der Waals surface area (Å²) in [6, 6.07) is 7.47. The van der Waals surface area contributed by atoms with Crippen LogP contribution in [-0.2, 0) is 13.6 Å². The van der Waals surface area contributed by atoms with Crippen LogP contribution in [0.4, 0.5) is 4.39 Å². The van der Waals surface area contributed by atoms with Crippen LogP contribution in [0.5, 0.6) is 0 Å². The van der Waals surface area contributed by atoms with Gasteiger partial charge in [0.25, 0.3) is 0 Å². The minimum Gasteiger partial charge on any atom is -0.310 e. The topological polar surface area (TPSA) is 29.9 Å². The number of hydrogen-bond acceptors (Lipinski definition) is 2. The molecule has 1 fully saturated rings. The molecule has 1 N–H and O–H groups in total. The van der Waals surface area contributed by atoms with Gasteiger partial charge in [0.2, 0.25) is 0 Å². The van der Waals surface area contributed by atoms with Crippen molar-refractivity contribution >= 4 is 0 Å². The van der Waals surface area contributed by atoms with Gasteiger partial charge in [0, 0.05) is 31.4 Å². The van der Waals surface area contributed by atoms with Crippen LogP contribution in [0.25, 0.3) is 11.3 Å². The molecule has 1 heterocycles. The van der Waals surface area contributed by atoms with Crippen molar-refractivity contribution in [1.29, 1.82) is 0 Å². The Hall–Kier alpha value is -1.68. The molecule has 0 saturated heterocycles. The zero-order valence-corrected chi connectivity index (χ0v) is 10.4. The van der Waals surface area contributed by atoms with Crippen molar-refractivity contribution < 1.29 is 4.39 Å². The molecule has 0 amide bonds. The Labute approximate surface area is 106 Å². The SMILES string of the molecule is Cn1ccc(-c2cc(F)ccc2CNC2CC2)n1. The Morgan fingerprint density at radius 1 is 1.39 bits per heavy atom. The molecule has 1 aliphatic carbocycles. The van der Waals surface area contributed by atoms with E-state index in [1.165, 1.54) is 18.9 Å². The summed E-state index contributed by atoms with van der Waals surface area (Å²) in [5.41, 5.74) is 2.80. The second-order valence-corrected chi connectivity index (χ2v) is 4.83. The van der Waals surface area contributed by atoms with Crippen LogP contribution >= 0.6 is 0 Å². The van der Waals surface area contributed by atoms with Gasteiger partial charge in [-0.25, -0.2) is 4.39 Å². The Morgan fingerprint density at radius 2 is 2.22 bits per heavy atom. The minimum atomic E-state index is -0.217. The molecule has 1 aliphatic rings. The van der Waals surface area contributed by atoms with Gasteiger partial charge in [-0.05, 0) is 36.6 Å². The Bertz CT molecular complexity index is 558. The van der Waals surface area contributed by atoms with E-state index in [4.69, 9.17) is 0 Å². The van der Waals surface area contributed by atoms with E-state index in [0.717, 1.165) is 23.4 Å². The molecule has 0 spiro atoms. The lowest BCUT2D eigenvalue weighted by molar-refractivity contribution is 0.625. The van der Waals surface area contributed by atoms with Crippen molar-refractivity contribution in [1.82, 2.24) is 15.1 Å². The summed E-state index contributed by atoms with van der Waals surface area (Å²) < 4.78 is 15.1. The fourth-order valence-electron chi connectivity index (χ4n) is 2.04. The average molecular weight is 245 g/mol. The molecule has 0 unspecified atom stereocenters. The summed E-state index contributed by atoms with van der Waals surface area (Å²) in [6.45, 7) is 0.775. The zero-order chi connectivity index (χ0) is 12.5. The summed E-state index contributed by atoms with van der Waals surface area (Å²) in [4.78, 5) is 0. The number of nitrogens with one attached hydrogen (secondary N) is 1.